The zero-order valence-electron chi connectivity index (χ0n) is 13.0. The summed E-state index contributed by atoms with van der Waals surface area (Å²) in [5, 5.41) is 3.26. The van der Waals surface area contributed by atoms with E-state index in [1.807, 2.05) is 42.5 Å². The van der Waals surface area contributed by atoms with E-state index in [-0.39, 0.29) is 5.91 Å². The lowest BCUT2D eigenvalue weighted by molar-refractivity contribution is -0.127. The van der Waals surface area contributed by atoms with Crippen molar-refractivity contribution in [3.05, 3.63) is 65.2 Å². The smallest absolute Gasteiger partial charge is 0.260 e. The lowest BCUT2D eigenvalue weighted by atomic mass is 10.2. The molecule has 5 heteroatoms. The highest BCUT2D eigenvalue weighted by Crippen LogP contribution is 2.24. The number of carbonyl (C=O) groups excluding carboxylic acids is 1. The highest BCUT2D eigenvalue weighted by Gasteiger charge is 2.15. The molecule has 0 heterocycles. The number of rotatable bonds is 8. The van der Waals surface area contributed by atoms with E-state index in [4.69, 9.17) is 21.1 Å². The highest BCUT2D eigenvalue weighted by molar-refractivity contribution is 6.32. The molecule has 0 unspecified atom stereocenters. The van der Waals surface area contributed by atoms with Crippen LogP contribution in [0.15, 0.2) is 54.6 Å². The van der Waals surface area contributed by atoms with Gasteiger partial charge in [0.25, 0.3) is 5.91 Å². The number of ether oxygens (including phenoxy) is 2. The van der Waals surface area contributed by atoms with Crippen molar-refractivity contribution < 1.29 is 14.3 Å². The Kier molecular flexibility index (Phi) is 6.91. The summed E-state index contributed by atoms with van der Waals surface area (Å²) >= 11 is 6.00. The van der Waals surface area contributed by atoms with Crippen LogP contribution < -0.4 is 10.1 Å². The summed E-state index contributed by atoms with van der Waals surface area (Å²) in [6.07, 6.45) is -0.621. The molecule has 0 saturated heterocycles. The van der Waals surface area contributed by atoms with Gasteiger partial charge in [-0.15, -0.1) is 0 Å². The van der Waals surface area contributed by atoms with E-state index in [1.165, 1.54) is 0 Å². The lowest BCUT2D eigenvalue weighted by Gasteiger charge is -2.15. The van der Waals surface area contributed by atoms with E-state index >= 15 is 0 Å². The Balaban J connectivity index is 1.65. The van der Waals surface area contributed by atoms with Crippen molar-refractivity contribution in [2.75, 3.05) is 13.2 Å². The third-order valence-electron chi connectivity index (χ3n) is 3.17. The molecule has 0 aromatic heterocycles. The Hall–Kier alpha value is -2.04. The number of para-hydroxylation sites is 1. The number of hydrogen-bond donors (Lipinski definition) is 1. The Morgan fingerprint density at radius 2 is 1.83 bits per heavy atom. The van der Waals surface area contributed by atoms with Gasteiger partial charge in [-0.2, -0.15) is 0 Å². The summed E-state index contributed by atoms with van der Waals surface area (Å²) in [6.45, 7) is 3.09. The van der Waals surface area contributed by atoms with E-state index in [0.29, 0.717) is 30.5 Å². The standard InChI is InChI=1S/C18H20ClNO3/c1-14(23-17-10-6-5-9-16(17)19)18(21)20-11-12-22-13-15-7-3-2-4-8-15/h2-10,14H,11-13H2,1H3,(H,20,21)/t14-/m0/s1. The molecule has 0 aliphatic rings. The second kappa shape index (κ2) is 9.18. The zero-order chi connectivity index (χ0) is 16.5. The summed E-state index contributed by atoms with van der Waals surface area (Å²) in [6, 6.07) is 17.0. The number of halogens is 1. The molecule has 23 heavy (non-hydrogen) atoms. The average molecular weight is 334 g/mol. The molecule has 2 aromatic rings. The Morgan fingerprint density at radius 1 is 1.13 bits per heavy atom. The van der Waals surface area contributed by atoms with Crippen molar-refractivity contribution in [1.29, 1.82) is 0 Å². The third-order valence-corrected chi connectivity index (χ3v) is 3.48. The van der Waals surface area contributed by atoms with E-state index in [0.717, 1.165) is 5.56 Å². The first-order valence-electron chi connectivity index (χ1n) is 7.47. The maximum absolute atomic E-state index is 12.0. The molecule has 0 saturated carbocycles. The monoisotopic (exact) mass is 333 g/mol. The maximum Gasteiger partial charge on any atom is 0.260 e. The number of nitrogens with one attached hydrogen (secondary N) is 1. The van der Waals surface area contributed by atoms with E-state index < -0.39 is 6.10 Å². The van der Waals surface area contributed by atoms with Crippen LogP contribution in [0.5, 0.6) is 5.75 Å². The van der Waals surface area contributed by atoms with Crippen LogP contribution in [0.2, 0.25) is 5.02 Å². The molecular weight excluding hydrogens is 314 g/mol. The molecule has 4 nitrogen and oxygen atoms in total. The van der Waals surface area contributed by atoms with Gasteiger partial charge in [-0.1, -0.05) is 54.1 Å². The zero-order valence-corrected chi connectivity index (χ0v) is 13.8. The molecule has 0 bridgehead atoms. The molecule has 122 valence electrons. The number of hydrogen-bond acceptors (Lipinski definition) is 3. The van der Waals surface area contributed by atoms with Gasteiger partial charge in [-0.3, -0.25) is 4.79 Å². The predicted molar refractivity (Wildman–Crippen MR) is 90.6 cm³/mol. The van der Waals surface area contributed by atoms with Crippen molar-refractivity contribution in [3.8, 4) is 5.75 Å². The molecule has 1 N–H and O–H groups in total. The van der Waals surface area contributed by atoms with Gasteiger partial charge in [0.15, 0.2) is 6.10 Å². The molecule has 0 fully saturated rings. The molecule has 0 spiro atoms. The van der Waals surface area contributed by atoms with Crippen LogP contribution in [0.3, 0.4) is 0 Å². The van der Waals surface area contributed by atoms with Crippen molar-refractivity contribution in [2.45, 2.75) is 19.6 Å². The van der Waals surface area contributed by atoms with Crippen LogP contribution >= 0.6 is 11.6 Å². The van der Waals surface area contributed by atoms with Gasteiger partial charge in [-0.25, -0.2) is 0 Å². The molecule has 0 radical (unpaired) electrons. The number of benzene rings is 2. The first-order chi connectivity index (χ1) is 11.2. The average Bonchev–Trinajstić information content (AvgIpc) is 2.57. The normalized spacial score (nSPS) is 11.7. The van der Waals surface area contributed by atoms with Gasteiger partial charge in [-0.05, 0) is 24.6 Å². The van der Waals surface area contributed by atoms with Crippen molar-refractivity contribution in [1.82, 2.24) is 5.32 Å². The molecule has 2 aromatic carbocycles. The Bertz CT molecular complexity index is 619. The largest absolute Gasteiger partial charge is 0.479 e. The van der Waals surface area contributed by atoms with Crippen molar-refractivity contribution in [3.63, 3.8) is 0 Å². The molecule has 2 rings (SSSR count). The minimum absolute atomic E-state index is 0.201. The second-order valence-electron chi connectivity index (χ2n) is 5.02. The van der Waals surface area contributed by atoms with E-state index in [1.54, 1.807) is 19.1 Å². The summed E-state index contributed by atoms with van der Waals surface area (Å²) in [4.78, 5) is 12.0. The van der Waals surface area contributed by atoms with Crippen LogP contribution in [-0.4, -0.2) is 25.2 Å². The quantitative estimate of drug-likeness (QED) is 0.753. The van der Waals surface area contributed by atoms with Gasteiger partial charge in [0.1, 0.15) is 5.75 Å². The summed E-state index contributed by atoms with van der Waals surface area (Å²) in [5.74, 6) is 0.297. The van der Waals surface area contributed by atoms with Gasteiger partial charge in [0.05, 0.1) is 18.2 Å². The predicted octanol–water partition coefficient (Wildman–Crippen LogP) is 3.44. The van der Waals surface area contributed by atoms with Crippen molar-refractivity contribution >= 4 is 17.5 Å². The number of carbonyl (C=O) groups is 1. The summed E-state index contributed by atoms with van der Waals surface area (Å²) in [7, 11) is 0. The fraction of sp³-hybridized carbons (Fsp3) is 0.278. The first-order valence-corrected chi connectivity index (χ1v) is 7.85. The lowest BCUT2D eigenvalue weighted by Crippen LogP contribution is -2.38. The van der Waals surface area contributed by atoms with Gasteiger partial charge in [0.2, 0.25) is 0 Å². The van der Waals surface area contributed by atoms with Crippen LogP contribution in [0.1, 0.15) is 12.5 Å². The fourth-order valence-electron chi connectivity index (χ4n) is 1.94. The summed E-state index contributed by atoms with van der Waals surface area (Å²) < 4.78 is 11.1. The van der Waals surface area contributed by atoms with Gasteiger partial charge < -0.3 is 14.8 Å². The third kappa shape index (κ3) is 5.93. The topological polar surface area (TPSA) is 47.6 Å². The Labute approximate surface area is 141 Å². The van der Waals surface area contributed by atoms with Crippen molar-refractivity contribution in [2.24, 2.45) is 0 Å². The molecule has 0 aliphatic carbocycles. The number of amides is 1. The van der Waals surface area contributed by atoms with Gasteiger partial charge in [0, 0.05) is 6.54 Å². The Morgan fingerprint density at radius 3 is 2.57 bits per heavy atom. The van der Waals surface area contributed by atoms with Crippen LogP contribution in [0.25, 0.3) is 0 Å². The van der Waals surface area contributed by atoms with Crippen LogP contribution in [0, 0.1) is 0 Å². The SMILES string of the molecule is C[C@H](Oc1ccccc1Cl)C(=O)NCCOCc1ccccc1. The summed E-state index contributed by atoms with van der Waals surface area (Å²) in [5.41, 5.74) is 1.11. The molecule has 1 amide bonds. The molecular formula is C18H20ClNO3. The van der Waals surface area contributed by atoms with Crippen LogP contribution in [-0.2, 0) is 16.1 Å². The second-order valence-corrected chi connectivity index (χ2v) is 5.43. The van der Waals surface area contributed by atoms with Crippen LogP contribution in [0.4, 0.5) is 0 Å². The van der Waals surface area contributed by atoms with Gasteiger partial charge >= 0.3 is 0 Å². The minimum Gasteiger partial charge on any atom is -0.479 e. The van der Waals surface area contributed by atoms with E-state index in [2.05, 4.69) is 5.32 Å². The first kappa shape index (κ1) is 17.3. The highest BCUT2D eigenvalue weighted by atomic mass is 35.5. The molecule has 0 aliphatic heterocycles. The maximum atomic E-state index is 12.0. The minimum atomic E-state index is -0.621. The van der Waals surface area contributed by atoms with E-state index in [9.17, 15) is 4.79 Å². The fourth-order valence-corrected chi connectivity index (χ4v) is 2.12. The molecule has 1 atom stereocenters.